The molecule has 18 heavy (non-hydrogen) atoms. The Morgan fingerprint density at radius 3 is 2.67 bits per heavy atom. The van der Waals surface area contributed by atoms with Gasteiger partial charge in [-0.2, -0.15) is 13.2 Å². The number of methoxy groups -OCH3 is 1. The summed E-state index contributed by atoms with van der Waals surface area (Å²) >= 11 is 0. The van der Waals surface area contributed by atoms with Crippen molar-refractivity contribution >= 4 is 17.5 Å². The lowest BCUT2D eigenvalue weighted by molar-refractivity contribution is -0.119. The molecule has 1 heterocycles. The second-order valence-electron chi connectivity index (χ2n) is 3.60. The number of esters is 1. The zero-order chi connectivity index (χ0) is 13.9. The van der Waals surface area contributed by atoms with Crippen LogP contribution in [0.4, 0.5) is 24.7 Å². The van der Waals surface area contributed by atoms with Crippen LogP contribution in [0, 0.1) is 0 Å². The largest absolute Gasteiger partial charge is 0.465 e. The fourth-order valence-electron chi connectivity index (χ4n) is 1.38. The van der Waals surface area contributed by atoms with Gasteiger partial charge < -0.3 is 15.4 Å². The van der Waals surface area contributed by atoms with E-state index in [2.05, 4.69) is 9.72 Å². The highest BCUT2D eigenvalue weighted by atomic mass is 19.4. The molecule has 0 aliphatic heterocycles. The van der Waals surface area contributed by atoms with E-state index in [-0.39, 0.29) is 17.1 Å². The van der Waals surface area contributed by atoms with Crippen LogP contribution in [0.25, 0.3) is 0 Å². The van der Waals surface area contributed by atoms with Gasteiger partial charge in [0, 0.05) is 7.05 Å². The van der Waals surface area contributed by atoms with Crippen LogP contribution in [-0.2, 0) is 4.74 Å². The van der Waals surface area contributed by atoms with Gasteiger partial charge in [-0.25, -0.2) is 9.78 Å². The average Bonchev–Trinajstić information content (AvgIpc) is 2.25. The van der Waals surface area contributed by atoms with Gasteiger partial charge in [0.25, 0.3) is 0 Å². The molecule has 0 spiro atoms. The number of nitrogens with two attached hydrogens (primary N) is 1. The summed E-state index contributed by atoms with van der Waals surface area (Å²) in [6.07, 6.45) is -3.22. The topological polar surface area (TPSA) is 68.5 Å². The molecule has 0 aromatic carbocycles. The Morgan fingerprint density at radius 2 is 2.17 bits per heavy atom. The molecule has 0 bridgehead atoms. The van der Waals surface area contributed by atoms with Gasteiger partial charge in [-0.3, -0.25) is 0 Å². The molecule has 0 saturated carbocycles. The van der Waals surface area contributed by atoms with Crippen LogP contribution in [0.3, 0.4) is 0 Å². The maximum absolute atomic E-state index is 12.3. The molecule has 0 fully saturated rings. The Balaban J connectivity index is 3.11. The lowest BCUT2D eigenvalue weighted by Crippen LogP contribution is -2.32. The third-order valence-electron chi connectivity index (χ3n) is 2.07. The number of ether oxygens (including phenoxy) is 1. The molecule has 0 radical (unpaired) electrons. The van der Waals surface area contributed by atoms with Gasteiger partial charge in [-0.15, -0.1) is 0 Å². The summed E-state index contributed by atoms with van der Waals surface area (Å²) in [4.78, 5) is 16.0. The molecule has 0 unspecified atom stereocenters. The number of pyridine rings is 1. The molecule has 1 aromatic heterocycles. The zero-order valence-electron chi connectivity index (χ0n) is 9.78. The van der Waals surface area contributed by atoms with Gasteiger partial charge in [0.15, 0.2) is 0 Å². The Labute approximate surface area is 101 Å². The Bertz CT molecular complexity index is 448. The minimum Gasteiger partial charge on any atom is -0.465 e. The van der Waals surface area contributed by atoms with E-state index in [1.807, 2.05) is 0 Å². The van der Waals surface area contributed by atoms with Gasteiger partial charge in [0.1, 0.15) is 17.9 Å². The van der Waals surface area contributed by atoms with E-state index < -0.39 is 18.7 Å². The predicted molar refractivity (Wildman–Crippen MR) is 59.3 cm³/mol. The predicted octanol–water partition coefficient (Wildman–Crippen LogP) is 1.45. The number of nitrogen functional groups attached to an aromatic ring is 1. The molecule has 8 heteroatoms. The van der Waals surface area contributed by atoms with E-state index in [9.17, 15) is 18.0 Å². The summed E-state index contributed by atoms with van der Waals surface area (Å²) in [5, 5.41) is 0. The van der Waals surface area contributed by atoms with Crippen LogP contribution in [0.5, 0.6) is 0 Å². The molecule has 0 aliphatic rings. The molecular weight excluding hydrogens is 251 g/mol. The standard InChI is InChI=1S/C10H12F3N3O2/c1-16(5-10(11,12)13)8-7(9(17)18-2)3-6(14)4-15-8/h3-4H,5,14H2,1-2H3. The Hall–Kier alpha value is -1.99. The van der Waals surface area contributed by atoms with E-state index in [1.54, 1.807) is 0 Å². The summed E-state index contributed by atoms with van der Waals surface area (Å²) < 4.78 is 41.3. The van der Waals surface area contributed by atoms with E-state index >= 15 is 0 Å². The molecule has 0 saturated heterocycles. The first-order valence-corrected chi connectivity index (χ1v) is 4.86. The van der Waals surface area contributed by atoms with Crippen molar-refractivity contribution in [1.82, 2.24) is 4.98 Å². The van der Waals surface area contributed by atoms with Crippen molar-refractivity contribution in [3.05, 3.63) is 17.8 Å². The van der Waals surface area contributed by atoms with Crippen molar-refractivity contribution < 1.29 is 22.7 Å². The number of nitrogens with zero attached hydrogens (tertiary/aromatic N) is 2. The number of hydrogen-bond donors (Lipinski definition) is 1. The Kier molecular flexibility index (Phi) is 4.00. The zero-order valence-corrected chi connectivity index (χ0v) is 9.78. The molecule has 0 aliphatic carbocycles. The van der Waals surface area contributed by atoms with Gasteiger partial charge in [0.05, 0.1) is 19.0 Å². The van der Waals surface area contributed by atoms with Crippen molar-refractivity contribution in [3.8, 4) is 0 Å². The highest BCUT2D eigenvalue weighted by molar-refractivity contribution is 5.95. The van der Waals surface area contributed by atoms with Gasteiger partial charge in [0.2, 0.25) is 0 Å². The van der Waals surface area contributed by atoms with E-state index in [0.717, 1.165) is 12.0 Å². The summed E-state index contributed by atoms with van der Waals surface area (Å²) in [6, 6.07) is 1.22. The molecule has 5 nitrogen and oxygen atoms in total. The summed E-state index contributed by atoms with van der Waals surface area (Å²) in [6.45, 7) is -1.23. The molecule has 1 rings (SSSR count). The lowest BCUT2D eigenvalue weighted by atomic mass is 10.2. The van der Waals surface area contributed by atoms with E-state index in [0.29, 0.717) is 0 Å². The van der Waals surface area contributed by atoms with Crippen molar-refractivity contribution in [2.75, 3.05) is 31.3 Å². The summed E-state index contributed by atoms with van der Waals surface area (Å²) in [5.74, 6) is -0.924. The Morgan fingerprint density at radius 1 is 1.56 bits per heavy atom. The number of alkyl halides is 3. The maximum Gasteiger partial charge on any atom is 0.405 e. The second kappa shape index (κ2) is 5.11. The number of rotatable bonds is 3. The van der Waals surface area contributed by atoms with Crippen LogP contribution in [-0.4, -0.2) is 37.8 Å². The number of hydrogen-bond acceptors (Lipinski definition) is 5. The molecule has 0 atom stereocenters. The van der Waals surface area contributed by atoms with Crippen molar-refractivity contribution in [3.63, 3.8) is 0 Å². The third-order valence-corrected chi connectivity index (χ3v) is 2.07. The number of carbonyl (C=O) groups excluding carboxylic acids is 1. The smallest absolute Gasteiger partial charge is 0.405 e. The van der Waals surface area contributed by atoms with Crippen LogP contribution in [0.2, 0.25) is 0 Å². The monoisotopic (exact) mass is 263 g/mol. The third kappa shape index (κ3) is 3.51. The van der Waals surface area contributed by atoms with Crippen molar-refractivity contribution in [2.45, 2.75) is 6.18 Å². The normalized spacial score (nSPS) is 11.2. The van der Waals surface area contributed by atoms with E-state index in [1.165, 1.54) is 19.3 Å². The van der Waals surface area contributed by atoms with Gasteiger partial charge in [-0.1, -0.05) is 0 Å². The average molecular weight is 263 g/mol. The minimum absolute atomic E-state index is 0.107. The van der Waals surface area contributed by atoms with Crippen molar-refractivity contribution in [1.29, 1.82) is 0 Å². The minimum atomic E-state index is -4.40. The number of carbonyl (C=O) groups is 1. The highest BCUT2D eigenvalue weighted by Crippen LogP contribution is 2.24. The quantitative estimate of drug-likeness (QED) is 0.836. The van der Waals surface area contributed by atoms with Crippen molar-refractivity contribution in [2.24, 2.45) is 0 Å². The van der Waals surface area contributed by atoms with Crippen LogP contribution in [0.15, 0.2) is 12.3 Å². The molecular formula is C10H12F3N3O2. The summed E-state index contributed by atoms with van der Waals surface area (Å²) in [5.41, 5.74) is 5.50. The molecule has 100 valence electrons. The molecule has 1 aromatic rings. The van der Waals surface area contributed by atoms with Crippen LogP contribution < -0.4 is 10.6 Å². The second-order valence-corrected chi connectivity index (χ2v) is 3.60. The van der Waals surface area contributed by atoms with Crippen LogP contribution in [0.1, 0.15) is 10.4 Å². The fraction of sp³-hybridized carbons (Fsp3) is 0.400. The van der Waals surface area contributed by atoms with Crippen LogP contribution >= 0.6 is 0 Å². The summed E-state index contributed by atoms with van der Waals surface area (Å²) in [7, 11) is 2.30. The van der Waals surface area contributed by atoms with Gasteiger partial charge >= 0.3 is 12.1 Å². The number of aromatic nitrogens is 1. The first-order chi connectivity index (χ1) is 8.24. The lowest BCUT2D eigenvalue weighted by Gasteiger charge is -2.21. The fourth-order valence-corrected chi connectivity index (χ4v) is 1.38. The highest BCUT2D eigenvalue weighted by Gasteiger charge is 2.31. The molecule has 0 amide bonds. The SMILES string of the molecule is COC(=O)c1cc(N)cnc1N(C)CC(F)(F)F. The molecule has 2 N–H and O–H groups in total. The van der Waals surface area contributed by atoms with E-state index in [4.69, 9.17) is 5.73 Å². The number of halogens is 3. The maximum atomic E-state index is 12.3. The van der Waals surface area contributed by atoms with Gasteiger partial charge in [-0.05, 0) is 6.07 Å². The first kappa shape index (κ1) is 14.1. The number of anilines is 2. The first-order valence-electron chi connectivity index (χ1n) is 4.86.